The van der Waals surface area contributed by atoms with Gasteiger partial charge in [0.15, 0.2) is 11.3 Å². The third-order valence-electron chi connectivity index (χ3n) is 5.19. The Balaban J connectivity index is 1.82. The number of fused-ring (bicyclic) bond motifs is 1. The van der Waals surface area contributed by atoms with Crippen molar-refractivity contribution in [3.63, 3.8) is 0 Å². The van der Waals surface area contributed by atoms with E-state index in [0.717, 1.165) is 22.3 Å². The van der Waals surface area contributed by atoms with Gasteiger partial charge in [-0.05, 0) is 30.2 Å². The maximum atomic E-state index is 13.2. The minimum atomic E-state index is -0.944. The number of ether oxygens (including phenoxy) is 1. The summed E-state index contributed by atoms with van der Waals surface area (Å²) in [5, 5.41) is 8.61. The zero-order valence-electron chi connectivity index (χ0n) is 14.2. The van der Waals surface area contributed by atoms with Crippen molar-refractivity contribution in [1.29, 1.82) is 0 Å². The van der Waals surface area contributed by atoms with Gasteiger partial charge in [0.05, 0.1) is 19.2 Å². The van der Waals surface area contributed by atoms with E-state index in [9.17, 15) is 9.59 Å². The van der Waals surface area contributed by atoms with Crippen LogP contribution in [0.4, 0.5) is 0 Å². The first-order chi connectivity index (χ1) is 12.1. The van der Waals surface area contributed by atoms with E-state index in [-0.39, 0.29) is 11.7 Å². The van der Waals surface area contributed by atoms with Crippen LogP contribution in [-0.4, -0.2) is 30.9 Å². The first-order valence-corrected chi connectivity index (χ1v) is 8.27. The number of azo groups is 1. The summed E-state index contributed by atoms with van der Waals surface area (Å²) in [5.41, 5.74) is 3.07. The van der Waals surface area contributed by atoms with Crippen molar-refractivity contribution in [3.05, 3.63) is 70.3 Å². The molecular weight excluding hydrogens is 316 g/mol. The molecule has 1 heterocycles. The summed E-state index contributed by atoms with van der Waals surface area (Å²) >= 11 is 0. The number of ketones is 1. The Kier molecular flexibility index (Phi) is 3.53. The van der Waals surface area contributed by atoms with Crippen molar-refractivity contribution in [2.45, 2.75) is 24.8 Å². The van der Waals surface area contributed by atoms with Gasteiger partial charge in [0.25, 0.3) is 0 Å². The van der Waals surface area contributed by atoms with Crippen LogP contribution in [0.2, 0.25) is 0 Å². The lowest BCUT2D eigenvalue weighted by atomic mass is 9.76. The molecule has 5 heteroatoms. The van der Waals surface area contributed by atoms with Gasteiger partial charge in [-0.3, -0.25) is 4.79 Å². The molecule has 2 aliphatic rings. The minimum Gasteiger partial charge on any atom is -0.465 e. The quantitative estimate of drug-likeness (QED) is 0.789. The molecule has 0 saturated carbocycles. The Morgan fingerprint density at radius 3 is 2.84 bits per heavy atom. The molecule has 0 radical (unpaired) electrons. The number of benzene rings is 2. The minimum absolute atomic E-state index is 0.00267. The van der Waals surface area contributed by atoms with Crippen molar-refractivity contribution in [3.8, 4) is 0 Å². The molecule has 1 spiro atoms. The monoisotopic (exact) mass is 334 g/mol. The van der Waals surface area contributed by atoms with E-state index in [0.29, 0.717) is 18.5 Å². The first-order valence-electron chi connectivity index (χ1n) is 8.27. The predicted octanol–water partition coefficient (Wildman–Crippen LogP) is 3.51. The lowest BCUT2D eigenvalue weighted by Crippen LogP contribution is -2.39. The molecule has 25 heavy (non-hydrogen) atoms. The SMILES string of the molecule is COC(=O)c1ccccc1[C@@H]1CN=N[C@@]12Cc1ccc(C)cc1C2=O. The van der Waals surface area contributed by atoms with Gasteiger partial charge in [-0.1, -0.05) is 35.9 Å². The molecule has 0 bridgehead atoms. The number of carbonyl (C=O) groups excluding carboxylic acids is 2. The molecular formula is C20H18N2O3. The van der Waals surface area contributed by atoms with Gasteiger partial charge in [-0.15, -0.1) is 0 Å². The number of aryl methyl sites for hydroxylation is 1. The second kappa shape index (κ2) is 5.62. The predicted molar refractivity (Wildman–Crippen MR) is 92.2 cm³/mol. The zero-order valence-corrected chi connectivity index (χ0v) is 14.2. The third-order valence-corrected chi connectivity index (χ3v) is 5.19. The molecule has 126 valence electrons. The van der Waals surface area contributed by atoms with Crippen LogP contribution in [0.5, 0.6) is 0 Å². The lowest BCUT2D eigenvalue weighted by Gasteiger charge is -2.26. The summed E-state index contributed by atoms with van der Waals surface area (Å²) in [4.78, 5) is 25.4. The average Bonchev–Trinajstić information content (AvgIpc) is 3.17. The Hall–Kier alpha value is -2.82. The summed E-state index contributed by atoms with van der Waals surface area (Å²) in [6.45, 7) is 2.37. The Labute approximate surface area is 145 Å². The number of esters is 1. The first kappa shape index (κ1) is 15.7. The molecule has 0 N–H and O–H groups in total. The van der Waals surface area contributed by atoms with Crippen LogP contribution in [0.3, 0.4) is 0 Å². The highest BCUT2D eigenvalue weighted by molar-refractivity contribution is 6.09. The second-order valence-corrected chi connectivity index (χ2v) is 6.65. The van der Waals surface area contributed by atoms with E-state index in [1.165, 1.54) is 7.11 Å². The van der Waals surface area contributed by atoms with Crippen molar-refractivity contribution in [1.82, 2.24) is 0 Å². The van der Waals surface area contributed by atoms with E-state index in [4.69, 9.17) is 4.74 Å². The highest BCUT2D eigenvalue weighted by Crippen LogP contribution is 2.47. The second-order valence-electron chi connectivity index (χ2n) is 6.65. The number of carbonyl (C=O) groups is 2. The maximum Gasteiger partial charge on any atom is 0.338 e. The van der Waals surface area contributed by atoms with Crippen LogP contribution in [-0.2, 0) is 11.2 Å². The Morgan fingerprint density at radius 2 is 2.04 bits per heavy atom. The van der Waals surface area contributed by atoms with Crippen LogP contribution in [0.25, 0.3) is 0 Å². The number of methoxy groups -OCH3 is 1. The van der Waals surface area contributed by atoms with Crippen LogP contribution in [0.15, 0.2) is 52.7 Å². The van der Waals surface area contributed by atoms with Crippen molar-refractivity contribution in [2.24, 2.45) is 10.2 Å². The summed E-state index contributed by atoms with van der Waals surface area (Å²) in [6, 6.07) is 13.2. The summed E-state index contributed by atoms with van der Waals surface area (Å²) in [6.07, 6.45) is 0.519. The molecule has 0 unspecified atom stereocenters. The van der Waals surface area contributed by atoms with E-state index in [1.807, 2.05) is 37.3 Å². The van der Waals surface area contributed by atoms with Gasteiger partial charge in [0.2, 0.25) is 0 Å². The molecule has 0 saturated heterocycles. The van der Waals surface area contributed by atoms with E-state index in [2.05, 4.69) is 10.2 Å². The number of rotatable bonds is 2. The number of hydrogen-bond donors (Lipinski definition) is 0. The van der Waals surface area contributed by atoms with Gasteiger partial charge in [0.1, 0.15) is 0 Å². The maximum absolute atomic E-state index is 13.2. The molecule has 1 aliphatic carbocycles. The fourth-order valence-corrected chi connectivity index (χ4v) is 3.94. The number of hydrogen-bond acceptors (Lipinski definition) is 5. The lowest BCUT2D eigenvalue weighted by molar-refractivity contribution is 0.0597. The van der Waals surface area contributed by atoms with Gasteiger partial charge < -0.3 is 4.74 Å². The largest absolute Gasteiger partial charge is 0.465 e. The molecule has 2 aromatic carbocycles. The Bertz CT molecular complexity index is 919. The fraction of sp³-hybridized carbons (Fsp3) is 0.300. The van der Waals surface area contributed by atoms with Crippen LogP contribution in [0, 0.1) is 6.92 Å². The van der Waals surface area contributed by atoms with Crippen LogP contribution >= 0.6 is 0 Å². The fourth-order valence-electron chi connectivity index (χ4n) is 3.94. The van der Waals surface area contributed by atoms with Gasteiger partial charge >= 0.3 is 5.97 Å². The van der Waals surface area contributed by atoms with Crippen molar-refractivity contribution in [2.75, 3.05) is 13.7 Å². The molecule has 2 atom stereocenters. The topological polar surface area (TPSA) is 68.1 Å². The van der Waals surface area contributed by atoms with Crippen molar-refractivity contribution < 1.29 is 14.3 Å². The summed E-state index contributed by atoms with van der Waals surface area (Å²) in [7, 11) is 1.36. The van der Waals surface area contributed by atoms with Crippen molar-refractivity contribution >= 4 is 11.8 Å². The van der Waals surface area contributed by atoms with Gasteiger partial charge in [-0.2, -0.15) is 10.2 Å². The number of nitrogens with zero attached hydrogens (tertiary/aromatic N) is 2. The molecule has 0 fully saturated rings. The standard InChI is InChI=1S/C20H18N2O3/c1-12-7-8-13-10-20(18(23)16(13)9-12)17(11-21-22-20)14-5-3-4-6-15(14)19(24)25-2/h3-9,17H,10-11H2,1-2H3/t17-,20-/m0/s1. The third kappa shape index (κ3) is 2.22. The van der Waals surface area contributed by atoms with E-state index in [1.54, 1.807) is 12.1 Å². The van der Waals surface area contributed by atoms with E-state index >= 15 is 0 Å². The van der Waals surface area contributed by atoms with Crippen LogP contribution < -0.4 is 0 Å². The summed E-state index contributed by atoms with van der Waals surface area (Å²) < 4.78 is 4.91. The average molecular weight is 334 g/mol. The molecule has 0 amide bonds. The highest BCUT2D eigenvalue weighted by Gasteiger charge is 2.55. The summed E-state index contributed by atoms with van der Waals surface area (Å²) in [5.74, 6) is -0.670. The molecule has 0 aromatic heterocycles. The molecule has 1 aliphatic heterocycles. The van der Waals surface area contributed by atoms with E-state index < -0.39 is 11.5 Å². The van der Waals surface area contributed by atoms with Gasteiger partial charge in [0, 0.05) is 17.9 Å². The highest BCUT2D eigenvalue weighted by atomic mass is 16.5. The molecule has 4 rings (SSSR count). The molecule has 2 aromatic rings. The number of Topliss-reactive ketones (excluding diaryl/α,β-unsaturated/α-hetero) is 1. The normalized spacial score (nSPS) is 23.9. The molecule has 5 nitrogen and oxygen atoms in total. The zero-order chi connectivity index (χ0) is 17.6. The van der Waals surface area contributed by atoms with Gasteiger partial charge in [-0.25, -0.2) is 4.79 Å². The van der Waals surface area contributed by atoms with Crippen LogP contribution in [0.1, 0.15) is 43.3 Å². The Morgan fingerprint density at radius 1 is 1.24 bits per heavy atom. The smallest absolute Gasteiger partial charge is 0.338 e.